The zero-order valence-electron chi connectivity index (χ0n) is 14.3. The van der Waals surface area contributed by atoms with E-state index in [1.54, 1.807) is 0 Å². The largest absolute Gasteiger partial charge is 0.338 e. The van der Waals surface area contributed by atoms with Crippen molar-refractivity contribution >= 4 is 35.0 Å². The summed E-state index contributed by atoms with van der Waals surface area (Å²) >= 11 is 13.6. The van der Waals surface area contributed by atoms with Gasteiger partial charge < -0.3 is 9.80 Å². The first kappa shape index (κ1) is 17.0. The van der Waals surface area contributed by atoms with Gasteiger partial charge in [-0.05, 0) is 24.7 Å². The number of likely N-dealkylation sites (tertiary alicyclic amines) is 2. The molecule has 4 rings (SSSR count). The van der Waals surface area contributed by atoms with Crippen LogP contribution in [0.3, 0.4) is 0 Å². The zero-order chi connectivity index (χ0) is 17.2. The van der Waals surface area contributed by atoms with E-state index in [-0.39, 0.29) is 58.3 Å². The van der Waals surface area contributed by atoms with Crippen LogP contribution in [-0.2, 0) is 9.59 Å². The van der Waals surface area contributed by atoms with E-state index in [4.69, 9.17) is 23.2 Å². The summed E-state index contributed by atoms with van der Waals surface area (Å²) in [6.07, 6.45) is 4.01. The van der Waals surface area contributed by atoms with Gasteiger partial charge in [-0.1, -0.05) is 26.7 Å². The Bertz CT molecular complexity index is 557. The summed E-state index contributed by atoms with van der Waals surface area (Å²) in [5.74, 6) is 0.251. The number of hydrogen-bond acceptors (Lipinski definition) is 2. The molecular weight excluding hydrogens is 347 g/mol. The first-order chi connectivity index (χ1) is 11.5. The molecule has 2 aliphatic carbocycles. The molecule has 2 heterocycles. The lowest BCUT2D eigenvalue weighted by Crippen LogP contribution is -2.57. The monoisotopic (exact) mass is 372 g/mol. The minimum atomic E-state index is -0.287. The third-order valence-corrected chi connectivity index (χ3v) is 7.84. The highest BCUT2D eigenvalue weighted by molar-refractivity contribution is 6.26. The lowest BCUT2D eigenvalue weighted by Gasteiger charge is -2.41. The van der Waals surface area contributed by atoms with Gasteiger partial charge in [-0.2, -0.15) is 0 Å². The van der Waals surface area contributed by atoms with Gasteiger partial charge in [-0.15, -0.1) is 23.2 Å². The highest BCUT2D eigenvalue weighted by Crippen LogP contribution is 2.63. The van der Waals surface area contributed by atoms with E-state index in [0.29, 0.717) is 6.54 Å². The van der Waals surface area contributed by atoms with E-state index in [2.05, 4.69) is 13.8 Å². The van der Waals surface area contributed by atoms with Crippen LogP contribution in [0.15, 0.2) is 0 Å². The Balaban J connectivity index is 1.72. The predicted molar refractivity (Wildman–Crippen MR) is 94.1 cm³/mol. The van der Waals surface area contributed by atoms with E-state index in [1.807, 2.05) is 9.80 Å². The average Bonchev–Trinajstić information content (AvgIpc) is 3.09. The summed E-state index contributed by atoms with van der Waals surface area (Å²) in [7, 11) is 0. The Morgan fingerprint density at radius 2 is 1.33 bits per heavy atom. The topological polar surface area (TPSA) is 40.6 Å². The van der Waals surface area contributed by atoms with Crippen molar-refractivity contribution in [1.29, 1.82) is 0 Å². The minimum absolute atomic E-state index is 0.00856. The fourth-order valence-corrected chi connectivity index (χ4v) is 7.03. The van der Waals surface area contributed by atoms with Crippen molar-refractivity contribution in [3.63, 3.8) is 0 Å². The van der Waals surface area contributed by atoms with Crippen LogP contribution in [-0.4, -0.2) is 57.5 Å². The summed E-state index contributed by atoms with van der Waals surface area (Å²) in [5.41, 5.74) is 0. The molecule has 2 bridgehead atoms. The van der Waals surface area contributed by atoms with E-state index < -0.39 is 0 Å². The van der Waals surface area contributed by atoms with Gasteiger partial charge in [-0.25, -0.2) is 0 Å². The summed E-state index contributed by atoms with van der Waals surface area (Å²) in [6, 6.07) is -0.114. The van der Waals surface area contributed by atoms with E-state index in [0.717, 1.165) is 32.2 Å². The molecular formula is C18H26Cl2N2O2. The number of alkyl halides is 2. The van der Waals surface area contributed by atoms with Gasteiger partial charge in [0.15, 0.2) is 0 Å². The Morgan fingerprint density at radius 1 is 0.792 bits per heavy atom. The van der Waals surface area contributed by atoms with Crippen LogP contribution in [0.2, 0.25) is 0 Å². The summed E-state index contributed by atoms with van der Waals surface area (Å²) in [4.78, 5) is 30.2. The van der Waals surface area contributed by atoms with Crippen molar-refractivity contribution in [2.75, 3.05) is 13.1 Å². The van der Waals surface area contributed by atoms with Crippen LogP contribution in [0.5, 0.6) is 0 Å². The van der Waals surface area contributed by atoms with Gasteiger partial charge in [0.25, 0.3) is 0 Å². The maximum atomic E-state index is 13.2. The Kier molecular flexibility index (Phi) is 4.28. The Labute approximate surface area is 153 Å². The van der Waals surface area contributed by atoms with E-state index in [1.165, 1.54) is 0 Å². The molecule has 4 nitrogen and oxygen atoms in total. The predicted octanol–water partition coefficient (Wildman–Crippen LogP) is 2.72. The van der Waals surface area contributed by atoms with Gasteiger partial charge in [-0.3, -0.25) is 9.59 Å². The molecule has 2 amide bonds. The molecule has 4 aliphatic rings. The second kappa shape index (κ2) is 6.05. The van der Waals surface area contributed by atoms with Crippen LogP contribution >= 0.6 is 23.2 Å². The highest BCUT2D eigenvalue weighted by atomic mass is 35.5. The van der Waals surface area contributed by atoms with E-state index in [9.17, 15) is 9.59 Å². The number of nitrogens with zero attached hydrogens (tertiary/aromatic N) is 2. The van der Waals surface area contributed by atoms with Crippen LogP contribution in [0, 0.1) is 23.7 Å². The van der Waals surface area contributed by atoms with Crippen molar-refractivity contribution < 1.29 is 9.59 Å². The number of halogens is 2. The van der Waals surface area contributed by atoms with Crippen LogP contribution in [0.1, 0.15) is 39.5 Å². The molecule has 0 unspecified atom stereocenters. The third-order valence-electron chi connectivity index (χ3n) is 6.76. The smallest absolute Gasteiger partial charge is 0.228 e. The van der Waals surface area contributed by atoms with Crippen LogP contribution in [0.4, 0.5) is 0 Å². The maximum absolute atomic E-state index is 13.2. The molecule has 2 aliphatic heterocycles. The zero-order valence-corrected chi connectivity index (χ0v) is 15.8. The maximum Gasteiger partial charge on any atom is 0.228 e. The number of piperidine rings is 1. The van der Waals surface area contributed by atoms with Gasteiger partial charge >= 0.3 is 0 Å². The quantitative estimate of drug-likeness (QED) is 0.672. The fraction of sp³-hybridized carbons (Fsp3) is 0.889. The molecule has 0 radical (unpaired) electrons. The first-order valence-electron chi connectivity index (χ1n) is 9.43. The number of carbonyl (C=O) groups is 2. The normalized spacial score (nSPS) is 45.7. The second-order valence-corrected chi connectivity index (χ2v) is 8.85. The van der Waals surface area contributed by atoms with Crippen molar-refractivity contribution in [3.8, 4) is 0 Å². The Hall–Kier alpha value is -0.480. The molecule has 0 aromatic heterocycles. The molecule has 134 valence electrons. The van der Waals surface area contributed by atoms with E-state index >= 15 is 0 Å². The number of carbonyl (C=O) groups excluding carboxylic acids is 2. The third kappa shape index (κ3) is 1.99. The average molecular weight is 373 g/mol. The molecule has 0 aromatic rings. The molecule has 4 fully saturated rings. The van der Waals surface area contributed by atoms with Crippen LogP contribution < -0.4 is 0 Å². The molecule has 6 heteroatoms. The van der Waals surface area contributed by atoms with Gasteiger partial charge in [0.05, 0.1) is 34.7 Å². The number of hydrogen-bond donors (Lipinski definition) is 0. The molecule has 0 aromatic carbocycles. The van der Waals surface area contributed by atoms with Gasteiger partial charge in [0, 0.05) is 13.1 Å². The summed E-state index contributed by atoms with van der Waals surface area (Å²) in [6.45, 7) is 5.71. The number of fused-ring (bicyclic) bond motifs is 2. The molecule has 2 saturated carbocycles. The highest BCUT2D eigenvalue weighted by Gasteiger charge is 2.75. The lowest BCUT2D eigenvalue weighted by molar-refractivity contribution is -0.142. The molecule has 8 atom stereocenters. The summed E-state index contributed by atoms with van der Waals surface area (Å²) in [5, 5.41) is -0.409. The lowest BCUT2D eigenvalue weighted by atomic mass is 9.87. The molecule has 0 spiro atoms. The van der Waals surface area contributed by atoms with Gasteiger partial charge in [0.2, 0.25) is 11.8 Å². The molecule has 2 saturated heterocycles. The molecule has 24 heavy (non-hydrogen) atoms. The van der Waals surface area contributed by atoms with Crippen molar-refractivity contribution in [2.45, 2.75) is 62.4 Å². The van der Waals surface area contributed by atoms with Crippen molar-refractivity contribution in [1.82, 2.24) is 9.80 Å². The van der Waals surface area contributed by atoms with Crippen molar-refractivity contribution in [3.05, 3.63) is 0 Å². The molecule has 0 N–H and O–H groups in total. The standard InChI is InChI=1S/C18H26Cl2N2O2/c1-3-5-7-21-15-10-9-11(14(15)20)17(23)22(8-6-4-2)16(13(9)19)12(10)18(21)24/h9-16H,3-8H2,1-2H3/t9-,10-,11-,12-,13+,14+,15+,16-/m0/s1. The minimum Gasteiger partial charge on any atom is -0.338 e. The number of unbranched alkanes of at least 4 members (excludes halogenated alkanes) is 2. The van der Waals surface area contributed by atoms with Crippen molar-refractivity contribution in [2.24, 2.45) is 23.7 Å². The number of rotatable bonds is 6. The number of amides is 2. The van der Waals surface area contributed by atoms with Gasteiger partial charge in [0.1, 0.15) is 0 Å². The summed E-state index contributed by atoms with van der Waals surface area (Å²) < 4.78 is 0. The SMILES string of the molecule is CCCCN1C(=O)[C@@H]2[C@@H](Cl)[C@H]3[C@@H]4[C@H](C(=O)N3CCCC)[C@H]1[C@H](Cl)[C@H]24. The van der Waals surface area contributed by atoms with Crippen LogP contribution in [0.25, 0.3) is 0 Å². The Morgan fingerprint density at radius 3 is 1.92 bits per heavy atom. The first-order valence-corrected chi connectivity index (χ1v) is 10.3. The second-order valence-electron chi connectivity index (χ2n) is 7.85. The fourth-order valence-electron chi connectivity index (χ4n) is 5.83.